The molecule has 0 amide bonds. The minimum absolute atomic E-state index is 0.142. The molecule has 0 fully saturated rings. The van der Waals surface area contributed by atoms with Crippen LogP contribution in [-0.4, -0.2) is 52.6 Å². The predicted octanol–water partition coefficient (Wildman–Crippen LogP) is 15.7. The van der Waals surface area contributed by atoms with Gasteiger partial charge in [0.1, 0.15) is 0 Å². The molecule has 0 aliphatic heterocycles. The second-order valence-corrected chi connectivity index (χ2v) is 17.1. The van der Waals surface area contributed by atoms with Gasteiger partial charge in [0.2, 0.25) is 0 Å². The van der Waals surface area contributed by atoms with Crippen LogP contribution >= 0.6 is 0 Å². The average molecular weight is 857 g/mol. The smallest absolute Gasteiger partial charge is 0.338 e. The number of rotatable bonds is 34. The van der Waals surface area contributed by atoms with Crippen molar-refractivity contribution in [2.75, 3.05) is 40.6 Å². The summed E-state index contributed by atoms with van der Waals surface area (Å²) in [6, 6.07) is 11.9. The van der Waals surface area contributed by atoms with Gasteiger partial charge in [0, 0.05) is 0 Å². The molecule has 0 spiro atoms. The maximum Gasteiger partial charge on any atom is 0.338 e. The average Bonchev–Trinajstić information content (AvgIpc) is 3.29. The van der Waals surface area contributed by atoms with Crippen LogP contribution < -0.4 is 18.9 Å². The molecule has 0 aromatic heterocycles. The van der Waals surface area contributed by atoms with Crippen LogP contribution in [0.25, 0.3) is 32.3 Å². The number of methoxy groups -OCH3 is 2. The van der Waals surface area contributed by atoms with Crippen molar-refractivity contribution in [1.82, 2.24) is 0 Å². The van der Waals surface area contributed by atoms with Crippen LogP contribution in [0, 0.1) is 0 Å². The van der Waals surface area contributed by atoms with Gasteiger partial charge in [-0.05, 0) is 94.4 Å². The molecule has 62 heavy (non-hydrogen) atoms. The fourth-order valence-corrected chi connectivity index (χ4v) is 8.32. The Kier molecular flexibility index (Phi) is 23.8. The summed E-state index contributed by atoms with van der Waals surface area (Å²) in [7, 11) is 2.65. The minimum atomic E-state index is -0.611. The summed E-state index contributed by atoms with van der Waals surface area (Å²) < 4.78 is 36.9. The molecule has 4 aromatic carbocycles. The second-order valence-electron chi connectivity index (χ2n) is 17.1. The molecule has 0 atom stereocenters. The third kappa shape index (κ3) is 15.6. The molecule has 0 aliphatic carbocycles. The van der Waals surface area contributed by atoms with Crippen molar-refractivity contribution in [2.45, 2.75) is 182 Å². The van der Waals surface area contributed by atoms with Gasteiger partial charge in [-0.15, -0.1) is 0 Å². The van der Waals surface area contributed by atoms with Gasteiger partial charge in [-0.25, -0.2) is 9.59 Å². The van der Waals surface area contributed by atoms with E-state index >= 15 is 0 Å². The van der Waals surface area contributed by atoms with Crippen molar-refractivity contribution in [1.29, 1.82) is 0 Å². The van der Waals surface area contributed by atoms with Crippen molar-refractivity contribution in [3.05, 3.63) is 47.5 Å². The van der Waals surface area contributed by atoms with Gasteiger partial charge in [-0.3, -0.25) is 0 Å². The highest BCUT2D eigenvalue weighted by Gasteiger charge is 2.24. The number of benzene rings is 4. The van der Waals surface area contributed by atoms with E-state index in [1.807, 2.05) is 0 Å². The fourth-order valence-electron chi connectivity index (χ4n) is 8.32. The SMILES string of the molecule is CCCCCCCCOc1cc2c3cc(OCCCCCCCC)c(OCCCCCCCC)cc3c3cc(C(=O)OC)c(C(=O)OC)cc3c2cc1OCCCCCCCC. The van der Waals surface area contributed by atoms with Crippen LogP contribution in [0.3, 0.4) is 0 Å². The molecule has 0 saturated heterocycles. The van der Waals surface area contributed by atoms with Crippen molar-refractivity contribution in [3.63, 3.8) is 0 Å². The van der Waals surface area contributed by atoms with E-state index in [2.05, 4.69) is 52.0 Å². The lowest BCUT2D eigenvalue weighted by atomic mass is 9.90. The molecule has 0 aliphatic rings. The fraction of sp³-hybridized carbons (Fsp3) is 0.630. The lowest BCUT2D eigenvalue weighted by molar-refractivity contribution is 0.0555. The lowest BCUT2D eigenvalue weighted by Crippen LogP contribution is -2.12. The second kappa shape index (κ2) is 29.2. The zero-order valence-electron chi connectivity index (χ0n) is 39.5. The molecule has 0 bridgehead atoms. The molecule has 8 nitrogen and oxygen atoms in total. The first-order valence-electron chi connectivity index (χ1n) is 24.6. The minimum Gasteiger partial charge on any atom is -0.490 e. The standard InChI is InChI=1S/C54H80O8/c1-7-11-15-19-23-27-31-59-49-37-43-41-35-47(53(55)57-5)48(54(56)58-6)36-42(41)44-38-50(60-32-28-24-20-16-12-8-2)52(62-34-30-26-22-18-14-10-4)40-46(44)45(43)39-51(49)61-33-29-25-21-17-13-9-3/h35-40H,7-34H2,1-6H3. The van der Waals surface area contributed by atoms with Gasteiger partial charge < -0.3 is 28.4 Å². The van der Waals surface area contributed by atoms with E-state index in [0.29, 0.717) is 49.4 Å². The Morgan fingerprint density at radius 2 is 0.532 bits per heavy atom. The maximum absolute atomic E-state index is 13.3. The number of hydrogen-bond donors (Lipinski definition) is 0. The van der Waals surface area contributed by atoms with Gasteiger partial charge in [0.25, 0.3) is 0 Å². The highest BCUT2D eigenvalue weighted by atomic mass is 16.5. The molecule has 4 rings (SSSR count). The first-order chi connectivity index (χ1) is 30.4. The summed E-state index contributed by atoms with van der Waals surface area (Å²) in [5.74, 6) is 1.53. The van der Waals surface area contributed by atoms with Crippen molar-refractivity contribution in [2.24, 2.45) is 0 Å². The number of fused-ring (bicyclic) bond motifs is 6. The third-order valence-corrected chi connectivity index (χ3v) is 12.0. The highest BCUT2D eigenvalue weighted by molar-refractivity contribution is 6.28. The number of esters is 2. The normalized spacial score (nSPS) is 11.4. The van der Waals surface area contributed by atoms with E-state index in [1.54, 1.807) is 12.1 Å². The van der Waals surface area contributed by atoms with E-state index in [-0.39, 0.29) is 11.1 Å². The summed E-state index contributed by atoms with van der Waals surface area (Å²) >= 11 is 0. The first kappa shape index (κ1) is 50.4. The molecular weight excluding hydrogens is 777 g/mol. The zero-order chi connectivity index (χ0) is 44.4. The summed E-state index contributed by atoms with van der Waals surface area (Å²) in [4.78, 5) is 26.7. The molecule has 0 radical (unpaired) electrons. The maximum atomic E-state index is 13.3. The van der Waals surface area contributed by atoms with E-state index in [9.17, 15) is 9.59 Å². The topological polar surface area (TPSA) is 89.5 Å². The molecular formula is C54H80O8. The third-order valence-electron chi connectivity index (χ3n) is 12.0. The molecule has 0 unspecified atom stereocenters. The molecule has 8 heteroatoms. The predicted molar refractivity (Wildman–Crippen MR) is 257 cm³/mol. The summed E-state index contributed by atoms with van der Waals surface area (Å²) in [6.07, 6.45) is 28.0. The van der Waals surface area contributed by atoms with Gasteiger partial charge in [0.05, 0.1) is 51.8 Å². The summed E-state index contributed by atoms with van der Waals surface area (Å²) in [6.45, 7) is 11.3. The van der Waals surface area contributed by atoms with Crippen molar-refractivity contribution >= 4 is 44.3 Å². The van der Waals surface area contributed by atoms with Crippen molar-refractivity contribution < 1.29 is 38.0 Å². The van der Waals surface area contributed by atoms with Gasteiger partial charge in [-0.2, -0.15) is 0 Å². The Morgan fingerprint density at radius 1 is 0.323 bits per heavy atom. The largest absolute Gasteiger partial charge is 0.490 e. The molecule has 0 saturated carbocycles. The Hall–Kier alpha value is -4.20. The van der Waals surface area contributed by atoms with E-state index < -0.39 is 11.9 Å². The van der Waals surface area contributed by atoms with Crippen LogP contribution in [-0.2, 0) is 9.47 Å². The Bertz CT molecular complexity index is 1800. The number of carbonyl (C=O) groups excluding carboxylic acids is 2. The van der Waals surface area contributed by atoms with Crippen molar-refractivity contribution in [3.8, 4) is 23.0 Å². The van der Waals surface area contributed by atoms with Crippen LogP contribution in [0.4, 0.5) is 0 Å². The number of unbranched alkanes of at least 4 members (excludes halogenated alkanes) is 20. The highest BCUT2D eigenvalue weighted by Crippen LogP contribution is 2.45. The Balaban J connectivity index is 1.89. The van der Waals surface area contributed by atoms with Gasteiger partial charge in [-0.1, -0.05) is 156 Å². The quantitative estimate of drug-likeness (QED) is 0.0261. The van der Waals surface area contributed by atoms with E-state index in [1.165, 1.54) is 117 Å². The summed E-state index contributed by atoms with van der Waals surface area (Å²) in [5, 5.41) is 5.20. The monoisotopic (exact) mass is 857 g/mol. The van der Waals surface area contributed by atoms with Crippen LogP contribution in [0.5, 0.6) is 23.0 Å². The van der Waals surface area contributed by atoms with Gasteiger partial charge in [0.15, 0.2) is 23.0 Å². The molecule has 4 aromatic rings. The molecule has 0 N–H and O–H groups in total. The van der Waals surface area contributed by atoms with E-state index in [4.69, 9.17) is 28.4 Å². The number of hydrogen-bond acceptors (Lipinski definition) is 8. The Labute approximate surface area is 374 Å². The zero-order valence-corrected chi connectivity index (χ0v) is 39.5. The summed E-state index contributed by atoms with van der Waals surface area (Å²) in [5.41, 5.74) is 0.285. The molecule has 0 heterocycles. The van der Waals surface area contributed by atoms with Gasteiger partial charge >= 0.3 is 11.9 Å². The van der Waals surface area contributed by atoms with Crippen LogP contribution in [0.15, 0.2) is 36.4 Å². The number of ether oxygens (including phenoxy) is 6. The Morgan fingerprint density at radius 3 is 0.758 bits per heavy atom. The lowest BCUT2D eigenvalue weighted by Gasteiger charge is -2.20. The van der Waals surface area contributed by atoms with E-state index in [0.717, 1.165) is 83.7 Å². The number of carbonyl (C=O) groups is 2. The van der Waals surface area contributed by atoms with Crippen LogP contribution in [0.1, 0.15) is 203 Å². The van der Waals surface area contributed by atoms with Crippen LogP contribution in [0.2, 0.25) is 0 Å². The first-order valence-corrected chi connectivity index (χ1v) is 24.6. The molecule has 344 valence electrons.